The molecule has 4 rings (SSSR count). The van der Waals surface area contributed by atoms with Crippen LogP contribution in [-0.2, 0) is 6.18 Å². The predicted octanol–water partition coefficient (Wildman–Crippen LogP) is 4.29. The first-order valence-electron chi connectivity index (χ1n) is 9.94. The van der Waals surface area contributed by atoms with Gasteiger partial charge in [0.15, 0.2) is 5.78 Å². The number of anilines is 1. The number of carbonyl (C=O) groups is 1. The summed E-state index contributed by atoms with van der Waals surface area (Å²) in [5.74, 6) is 0.606. The molecule has 0 spiro atoms. The van der Waals surface area contributed by atoms with Gasteiger partial charge in [-0.25, -0.2) is 4.98 Å². The van der Waals surface area contributed by atoms with Gasteiger partial charge >= 0.3 is 6.18 Å². The first-order valence-corrected chi connectivity index (χ1v) is 9.94. The van der Waals surface area contributed by atoms with Crippen molar-refractivity contribution in [2.45, 2.75) is 19.5 Å². The van der Waals surface area contributed by atoms with Crippen molar-refractivity contribution in [2.75, 3.05) is 37.6 Å². The van der Waals surface area contributed by atoms with Crippen molar-refractivity contribution >= 4 is 22.5 Å². The van der Waals surface area contributed by atoms with Gasteiger partial charge in [0.05, 0.1) is 12.1 Å². The Morgan fingerprint density at radius 1 is 1.10 bits per heavy atom. The Balaban J connectivity index is 1.42. The summed E-state index contributed by atoms with van der Waals surface area (Å²) >= 11 is 0. The molecule has 3 aromatic rings. The highest BCUT2D eigenvalue weighted by molar-refractivity contribution is 6.10. The normalized spacial score (nSPS) is 16.1. The average molecular weight is 416 g/mol. The third-order valence-electron chi connectivity index (χ3n) is 5.53. The van der Waals surface area contributed by atoms with Gasteiger partial charge in [-0.05, 0) is 31.5 Å². The molecular formula is C22H23F3N4O. The van der Waals surface area contributed by atoms with E-state index in [9.17, 15) is 18.0 Å². The van der Waals surface area contributed by atoms with Crippen LogP contribution in [0.15, 0.2) is 42.6 Å². The fourth-order valence-electron chi connectivity index (χ4n) is 4.02. The first-order chi connectivity index (χ1) is 14.3. The molecule has 158 valence electrons. The number of fused-ring (bicyclic) bond motifs is 1. The fraction of sp³-hybridized carbons (Fsp3) is 0.364. The SMILES string of the molecule is Cc1[nH]c2ccccc2c1C(=O)CN1CCCN(c2ccc(C(F)(F)F)cn2)CC1. The van der Waals surface area contributed by atoms with Gasteiger partial charge in [0.25, 0.3) is 0 Å². The molecule has 0 aliphatic carbocycles. The van der Waals surface area contributed by atoms with Gasteiger partial charge in [-0.3, -0.25) is 9.69 Å². The first kappa shape index (κ1) is 20.4. The van der Waals surface area contributed by atoms with Crippen LogP contribution < -0.4 is 4.90 Å². The Kier molecular flexibility index (Phi) is 5.51. The summed E-state index contributed by atoms with van der Waals surface area (Å²) < 4.78 is 38.2. The van der Waals surface area contributed by atoms with E-state index in [0.29, 0.717) is 32.0 Å². The van der Waals surface area contributed by atoms with E-state index in [1.54, 1.807) is 0 Å². The molecule has 0 atom stereocenters. The van der Waals surface area contributed by atoms with E-state index in [0.717, 1.165) is 47.4 Å². The molecular weight excluding hydrogens is 393 g/mol. The van der Waals surface area contributed by atoms with Crippen LogP contribution in [0.5, 0.6) is 0 Å². The van der Waals surface area contributed by atoms with Crippen LogP contribution in [0.3, 0.4) is 0 Å². The van der Waals surface area contributed by atoms with E-state index in [1.165, 1.54) is 6.07 Å². The van der Waals surface area contributed by atoms with E-state index in [-0.39, 0.29) is 5.78 Å². The van der Waals surface area contributed by atoms with Gasteiger partial charge in [-0.2, -0.15) is 13.2 Å². The molecule has 2 aromatic heterocycles. The topological polar surface area (TPSA) is 52.2 Å². The fourth-order valence-corrected chi connectivity index (χ4v) is 4.02. The lowest BCUT2D eigenvalue weighted by Gasteiger charge is -2.22. The molecule has 30 heavy (non-hydrogen) atoms. The number of hydrogen-bond acceptors (Lipinski definition) is 4. The number of ketones is 1. The van der Waals surface area contributed by atoms with Crippen molar-refractivity contribution in [1.29, 1.82) is 0 Å². The average Bonchev–Trinajstić information content (AvgIpc) is 2.88. The molecule has 1 aliphatic heterocycles. The summed E-state index contributed by atoms with van der Waals surface area (Å²) in [5.41, 5.74) is 1.80. The Morgan fingerprint density at radius 3 is 2.63 bits per heavy atom. The number of carbonyl (C=O) groups excluding carboxylic acids is 1. The summed E-state index contributed by atoms with van der Waals surface area (Å²) in [6.07, 6.45) is -2.70. The number of H-pyrrole nitrogens is 1. The number of nitrogens with zero attached hydrogens (tertiary/aromatic N) is 3. The molecule has 1 N–H and O–H groups in total. The largest absolute Gasteiger partial charge is 0.417 e. The highest BCUT2D eigenvalue weighted by atomic mass is 19.4. The van der Waals surface area contributed by atoms with E-state index >= 15 is 0 Å². The number of hydrogen-bond donors (Lipinski definition) is 1. The van der Waals surface area contributed by atoms with Crippen molar-refractivity contribution in [3.05, 3.63) is 59.4 Å². The van der Waals surface area contributed by atoms with Gasteiger partial charge in [0, 0.05) is 54.5 Å². The van der Waals surface area contributed by atoms with Crippen molar-refractivity contribution in [1.82, 2.24) is 14.9 Å². The number of benzene rings is 1. The maximum atomic E-state index is 13.0. The molecule has 1 aliphatic rings. The number of pyridine rings is 1. The standard InChI is InChI=1S/C22H23F3N4O/c1-15-21(17-5-2-3-6-18(17)27-15)19(30)14-28-9-4-10-29(12-11-28)20-8-7-16(13-26-20)22(23,24)25/h2-3,5-8,13,27H,4,9-12,14H2,1H3. The Bertz CT molecular complexity index is 1040. The second kappa shape index (κ2) is 8.10. The quantitative estimate of drug-likeness (QED) is 0.645. The van der Waals surface area contributed by atoms with Crippen LogP contribution in [0.2, 0.25) is 0 Å². The second-order valence-electron chi connectivity index (χ2n) is 7.61. The zero-order chi connectivity index (χ0) is 21.3. The number of halogens is 3. The molecule has 0 bridgehead atoms. The van der Waals surface area contributed by atoms with Crippen LogP contribution in [-0.4, -0.2) is 53.4 Å². The summed E-state index contributed by atoms with van der Waals surface area (Å²) in [6, 6.07) is 10.2. The lowest BCUT2D eigenvalue weighted by molar-refractivity contribution is -0.137. The maximum Gasteiger partial charge on any atom is 0.417 e. The van der Waals surface area contributed by atoms with Crippen LogP contribution in [0.1, 0.15) is 28.0 Å². The van der Waals surface area contributed by atoms with Crippen LogP contribution in [0, 0.1) is 6.92 Å². The van der Waals surface area contributed by atoms with Crippen molar-refractivity contribution in [3.63, 3.8) is 0 Å². The number of nitrogens with one attached hydrogen (secondary N) is 1. The lowest BCUT2D eigenvalue weighted by atomic mass is 10.1. The van der Waals surface area contributed by atoms with Crippen molar-refractivity contribution in [2.24, 2.45) is 0 Å². The van der Waals surface area contributed by atoms with Crippen molar-refractivity contribution in [3.8, 4) is 0 Å². The van der Waals surface area contributed by atoms with Gasteiger partial charge in [0.1, 0.15) is 5.82 Å². The molecule has 5 nitrogen and oxygen atoms in total. The summed E-state index contributed by atoms with van der Waals surface area (Å²) in [7, 11) is 0. The Hall–Kier alpha value is -2.87. The Labute approximate surface area is 172 Å². The zero-order valence-corrected chi connectivity index (χ0v) is 16.7. The second-order valence-corrected chi connectivity index (χ2v) is 7.61. The minimum Gasteiger partial charge on any atom is -0.358 e. The van der Waals surface area contributed by atoms with E-state index in [4.69, 9.17) is 0 Å². The van der Waals surface area contributed by atoms with E-state index < -0.39 is 11.7 Å². The third-order valence-corrected chi connectivity index (χ3v) is 5.53. The van der Waals surface area contributed by atoms with Crippen LogP contribution in [0.4, 0.5) is 19.0 Å². The Morgan fingerprint density at radius 2 is 1.90 bits per heavy atom. The van der Waals surface area contributed by atoms with Crippen LogP contribution in [0.25, 0.3) is 10.9 Å². The third kappa shape index (κ3) is 4.18. The molecule has 1 saturated heterocycles. The summed E-state index contributed by atoms with van der Waals surface area (Å²) in [4.78, 5) is 24.4. The molecule has 3 heterocycles. The van der Waals surface area contributed by atoms with Gasteiger partial charge < -0.3 is 9.88 Å². The van der Waals surface area contributed by atoms with Gasteiger partial charge in [0.2, 0.25) is 0 Å². The molecule has 8 heteroatoms. The highest BCUT2D eigenvalue weighted by Crippen LogP contribution is 2.29. The number of Topliss-reactive ketones (excluding diaryl/α,β-unsaturated/α-hetero) is 1. The lowest BCUT2D eigenvalue weighted by Crippen LogP contribution is -2.34. The maximum absolute atomic E-state index is 13.0. The number of para-hydroxylation sites is 1. The molecule has 0 radical (unpaired) electrons. The molecule has 0 amide bonds. The molecule has 0 unspecified atom stereocenters. The van der Waals surface area contributed by atoms with Gasteiger partial charge in [-0.1, -0.05) is 18.2 Å². The minimum atomic E-state index is -4.39. The summed E-state index contributed by atoms with van der Waals surface area (Å²) in [5, 5.41) is 0.936. The summed E-state index contributed by atoms with van der Waals surface area (Å²) in [6.45, 7) is 4.93. The smallest absolute Gasteiger partial charge is 0.358 e. The molecule has 0 saturated carbocycles. The zero-order valence-electron chi connectivity index (χ0n) is 16.7. The molecule has 1 fully saturated rings. The highest BCUT2D eigenvalue weighted by Gasteiger charge is 2.31. The number of aryl methyl sites for hydroxylation is 1. The van der Waals surface area contributed by atoms with Gasteiger partial charge in [-0.15, -0.1) is 0 Å². The number of rotatable bonds is 4. The minimum absolute atomic E-state index is 0.0751. The monoisotopic (exact) mass is 416 g/mol. The van der Waals surface area contributed by atoms with Crippen molar-refractivity contribution < 1.29 is 18.0 Å². The number of aromatic amines is 1. The molecule has 1 aromatic carbocycles. The number of alkyl halides is 3. The predicted molar refractivity (Wildman–Crippen MR) is 110 cm³/mol. The van der Waals surface area contributed by atoms with E-state index in [1.807, 2.05) is 36.1 Å². The van der Waals surface area contributed by atoms with Crippen LogP contribution >= 0.6 is 0 Å². The number of aromatic nitrogens is 2. The van der Waals surface area contributed by atoms with E-state index in [2.05, 4.69) is 14.9 Å².